The van der Waals surface area contributed by atoms with E-state index in [1.807, 2.05) is 31.2 Å². The van der Waals surface area contributed by atoms with Crippen LogP contribution in [0.3, 0.4) is 0 Å². The molecule has 28 heavy (non-hydrogen) atoms. The quantitative estimate of drug-likeness (QED) is 0.155. The second-order valence-electron chi connectivity index (χ2n) is 6.04. The lowest BCUT2D eigenvalue weighted by Crippen LogP contribution is -2.39. The Balaban J connectivity index is 0.00000729. The van der Waals surface area contributed by atoms with Gasteiger partial charge in [0.15, 0.2) is 5.96 Å². The Bertz CT molecular complexity index is 597. The monoisotopic (exact) mass is 514 g/mol. The number of para-hydroxylation sites is 1. The van der Waals surface area contributed by atoms with Crippen LogP contribution in [0, 0.1) is 0 Å². The van der Waals surface area contributed by atoms with Gasteiger partial charge in [0.05, 0.1) is 13.1 Å². The SMILES string of the molecule is C=CCOc1ccccc1CN=C(NCC)NCCCN(C)CC(F)(F)F.I. The molecule has 160 valence electrons. The zero-order chi connectivity index (χ0) is 20.1. The van der Waals surface area contributed by atoms with Crippen LogP contribution in [0.25, 0.3) is 0 Å². The zero-order valence-corrected chi connectivity index (χ0v) is 18.7. The summed E-state index contributed by atoms with van der Waals surface area (Å²) in [7, 11) is 1.47. The lowest BCUT2D eigenvalue weighted by atomic mass is 10.2. The topological polar surface area (TPSA) is 48.9 Å². The Morgan fingerprint density at radius 2 is 2.00 bits per heavy atom. The third-order valence-corrected chi connectivity index (χ3v) is 3.54. The number of rotatable bonds is 11. The molecule has 5 nitrogen and oxygen atoms in total. The predicted octanol–water partition coefficient (Wildman–Crippen LogP) is 3.81. The number of nitrogens with zero attached hydrogens (tertiary/aromatic N) is 2. The van der Waals surface area contributed by atoms with Crippen LogP contribution in [-0.2, 0) is 6.54 Å². The van der Waals surface area contributed by atoms with Gasteiger partial charge < -0.3 is 15.4 Å². The Labute approximate surface area is 182 Å². The summed E-state index contributed by atoms with van der Waals surface area (Å²) in [4.78, 5) is 5.79. The summed E-state index contributed by atoms with van der Waals surface area (Å²) in [5.74, 6) is 1.38. The summed E-state index contributed by atoms with van der Waals surface area (Å²) in [5, 5.41) is 6.28. The molecule has 0 fully saturated rings. The fraction of sp³-hybridized carbons (Fsp3) is 0.526. The standard InChI is InChI=1S/C19H29F3N4O.HI/c1-4-13-27-17-10-7-6-9-16(17)14-25-18(23-5-2)24-11-8-12-26(3)15-19(20,21)22;/h4,6-7,9-10H,1,5,8,11-15H2,2-3H3,(H2,23,24,25);1H. The number of hydrogen-bond acceptors (Lipinski definition) is 3. The highest BCUT2D eigenvalue weighted by Crippen LogP contribution is 2.19. The summed E-state index contributed by atoms with van der Waals surface area (Å²) in [6.45, 7) is 7.11. The molecule has 0 saturated carbocycles. The number of benzene rings is 1. The van der Waals surface area contributed by atoms with E-state index >= 15 is 0 Å². The molecular formula is C19H30F3IN4O. The van der Waals surface area contributed by atoms with E-state index in [-0.39, 0.29) is 24.0 Å². The summed E-state index contributed by atoms with van der Waals surface area (Å²) in [6.07, 6.45) is -1.91. The maximum absolute atomic E-state index is 12.3. The third-order valence-electron chi connectivity index (χ3n) is 3.54. The molecule has 0 radical (unpaired) electrons. The molecule has 0 spiro atoms. The van der Waals surface area contributed by atoms with Gasteiger partial charge in [-0.05, 0) is 33.0 Å². The van der Waals surface area contributed by atoms with Crippen molar-refractivity contribution in [3.8, 4) is 5.75 Å². The van der Waals surface area contributed by atoms with Crippen LogP contribution in [0.15, 0.2) is 41.9 Å². The molecule has 2 N–H and O–H groups in total. The molecule has 9 heteroatoms. The van der Waals surface area contributed by atoms with Crippen molar-refractivity contribution >= 4 is 29.9 Å². The first-order valence-corrected chi connectivity index (χ1v) is 8.94. The molecule has 0 aliphatic heterocycles. The molecule has 0 unspecified atom stereocenters. The summed E-state index contributed by atoms with van der Waals surface area (Å²) >= 11 is 0. The van der Waals surface area contributed by atoms with Crippen molar-refractivity contribution in [2.75, 3.05) is 39.8 Å². The lowest BCUT2D eigenvalue weighted by molar-refractivity contribution is -0.143. The van der Waals surface area contributed by atoms with Crippen LogP contribution in [0.2, 0.25) is 0 Å². The molecule has 0 amide bonds. The fourth-order valence-corrected chi connectivity index (χ4v) is 2.37. The fourth-order valence-electron chi connectivity index (χ4n) is 2.37. The average Bonchev–Trinajstić information content (AvgIpc) is 2.60. The minimum Gasteiger partial charge on any atom is -0.489 e. The molecule has 1 aromatic carbocycles. The highest BCUT2D eigenvalue weighted by Gasteiger charge is 2.28. The Morgan fingerprint density at radius 1 is 1.29 bits per heavy atom. The van der Waals surface area contributed by atoms with E-state index in [1.165, 1.54) is 11.9 Å². The maximum Gasteiger partial charge on any atom is 0.401 e. The van der Waals surface area contributed by atoms with Gasteiger partial charge in [0.25, 0.3) is 0 Å². The number of aliphatic imine (C=N–C) groups is 1. The molecular weight excluding hydrogens is 484 g/mol. The number of alkyl halides is 3. The van der Waals surface area contributed by atoms with Crippen LogP contribution in [0.4, 0.5) is 13.2 Å². The Morgan fingerprint density at radius 3 is 2.64 bits per heavy atom. The molecule has 0 aliphatic carbocycles. The predicted molar refractivity (Wildman–Crippen MR) is 119 cm³/mol. The van der Waals surface area contributed by atoms with E-state index in [0.717, 1.165) is 11.3 Å². The first-order chi connectivity index (χ1) is 12.9. The van der Waals surface area contributed by atoms with Crippen LogP contribution in [0.1, 0.15) is 18.9 Å². The molecule has 1 aromatic rings. The molecule has 0 bridgehead atoms. The van der Waals surface area contributed by atoms with Gasteiger partial charge in [-0.3, -0.25) is 4.90 Å². The van der Waals surface area contributed by atoms with Crippen LogP contribution >= 0.6 is 24.0 Å². The number of ether oxygens (including phenoxy) is 1. The van der Waals surface area contributed by atoms with E-state index in [9.17, 15) is 13.2 Å². The molecule has 0 aliphatic rings. The summed E-state index contributed by atoms with van der Waals surface area (Å²) in [6, 6.07) is 7.64. The first kappa shape index (κ1) is 26.5. The molecule has 0 atom stereocenters. The number of nitrogens with one attached hydrogen (secondary N) is 2. The third kappa shape index (κ3) is 12.1. The Kier molecular flexibility index (Phi) is 13.7. The van der Waals surface area contributed by atoms with Crippen LogP contribution in [0.5, 0.6) is 5.75 Å². The largest absolute Gasteiger partial charge is 0.489 e. The van der Waals surface area contributed by atoms with E-state index < -0.39 is 12.7 Å². The van der Waals surface area contributed by atoms with Crippen molar-refractivity contribution in [1.82, 2.24) is 15.5 Å². The number of halogens is 4. The average molecular weight is 514 g/mol. The minimum absolute atomic E-state index is 0. The van der Waals surface area contributed by atoms with Gasteiger partial charge in [0.2, 0.25) is 0 Å². The van der Waals surface area contributed by atoms with Crippen LogP contribution in [-0.4, -0.2) is 56.9 Å². The van der Waals surface area contributed by atoms with Crippen LogP contribution < -0.4 is 15.4 Å². The highest BCUT2D eigenvalue weighted by molar-refractivity contribution is 14.0. The van der Waals surface area contributed by atoms with Crippen molar-refractivity contribution in [2.24, 2.45) is 4.99 Å². The highest BCUT2D eigenvalue weighted by atomic mass is 127. The molecule has 0 aromatic heterocycles. The molecule has 0 heterocycles. The van der Waals surface area contributed by atoms with Gasteiger partial charge in [-0.25, -0.2) is 4.99 Å². The van der Waals surface area contributed by atoms with E-state index in [4.69, 9.17) is 4.74 Å². The van der Waals surface area contributed by atoms with Gasteiger partial charge >= 0.3 is 6.18 Å². The Hall–Kier alpha value is -1.49. The lowest BCUT2D eigenvalue weighted by Gasteiger charge is -2.19. The van der Waals surface area contributed by atoms with Crippen molar-refractivity contribution in [2.45, 2.75) is 26.1 Å². The smallest absolute Gasteiger partial charge is 0.401 e. The minimum atomic E-state index is -4.17. The molecule has 1 rings (SSSR count). The van der Waals surface area contributed by atoms with E-state index in [0.29, 0.717) is 45.2 Å². The van der Waals surface area contributed by atoms with Gasteiger partial charge in [0, 0.05) is 18.7 Å². The first-order valence-electron chi connectivity index (χ1n) is 8.94. The zero-order valence-electron chi connectivity index (χ0n) is 16.4. The van der Waals surface area contributed by atoms with Crippen molar-refractivity contribution in [1.29, 1.82) is 0 Å². The number of guanidine groups is 1. The van der Waals surface area contributed by atoms with Crippen molar-refractivity contribution in [3.63, 3.8) is 0 Å². The second kappa shape index (κ2) is 14.5. The second-order valence-corrected chi connectivity index (χ2v) is 6.04. The van der Waals surface area contributed by atoms with E-state index in [2.05, 4.69) is 22.2 Å². The van der Waals surface area contributed by atoms with Gasteiger partial charge in [-0.15, -0.1) is 24.0 Å². The number of hydrogen-bond donors (Lipinski definition) is 2. The molecule has 0 saturated heterocycles. The van der Waals surface area contributed by atoms with Crippen molar-refractivity contribution in [3.05, 3.63) is 42.5 Å². The normalized spacial score (nSPS) is 11.7. The van der Waals surface area contributed by atoms with E-state index in [1.54, 1.807) is 6.08 Å². The summed E-state index contributed by atoms with van der Waals surface area (Å²) in [5.41, 5.74) is 0.946. The van der Waals surface area contributed by atoms with Crippen molar-refractivity contribution < 1.29 is 17.9 Å². The van der Waals surface area contributed by atoms with Gasteiger partial charge in [-0.2, -0.15) is 13.2 Å². The van der Waals surface area contributed by atoms with Gasteiger partial charge in [0.1, 0.15) is 12.4 Å². The maximum atomic E-state index is 12.3. The summed E-state index contributed by atoms with van der Waals surface area (Å²) < 4.78 is 42.6. The van der Waals surface area contributed by atoms with Gasteiger partial charge in [-0.1, -0.05) is 30.9 Å².